The van der Waals surface area contributed by atoms with E-state index in [4.69, 9.17) is 0 Å². The summed E-state index contributed by atoms with van der Waals surface area (Å²) in [6.07, 6.45) is 7.20. The summed E-state index contributed by atoms with van der Waals surface area (Å²) in [5.41, 5.74) is 0.212. The molecule has 1 unspecified atom stereocenters. The van der Waals surface area contributed by atoms with Crippen LogP contribution in [0, 0.1) is 0 Å². The average molecular weight is 179 g/mol. The van der Waals surface area contributed by atoms with Gasteiger partial charge in [0.15, 0.2) is 0 Å². The molecule has 1 fully saturated rings. The Balaban J connectivity index is 2.04. The highest BCUT2D eigenvalue weighted by Gasteiger charge is 2.30. The first-order valence-electron chi connectivity index (χ1n) is 4.96. The van der Waals surface area contributed by atoms with Gasteiger partial charge in [0.1, 0.15) is 0 Å². The molecular weight excluding hydrogens is 162 g/mol. The molecule has 3 nitrogen and oxygen atoms in total. The van der Waals surface area contributed by atoms with Crippen LogP contribution in [0.5, 0.6) is 0 Å². The Morgan fingerprint density at radius 3 is 2.77 bits per heavy atom. The van der Waals surface area contributed by atoms with Crippen molar-refractivity contribution in [2.24, 2.45) is 4.99 Å². The van der Waals surface area contributed by atoms with Gasteiger partial charge in [-0.05, 0) is 13.0 Å². The number of piperazine rings is 1. The summed E-state index contributed by atoms with van der Waals surface area (Å²) in [5, 5.41) is 3.37. The zero-order valence-corrected chi connectivity index (χ0v) is 8.16. The second-order valence-corrected chi connectivity index (χ2v) is 3.95. The maximum Gasteiger partial charge on any atom is 0.0431 e. The second kappa shape index (κ2) is 3.60. The largest absolute Gasteiger partial charge is 0.314 e. The number of hydrogen-bond acceptors (Lipinski definition) is 3. The zero-order valence-electron chi connectivity index (χ0n) is 8.16. The lowest BCUT2D eigenvalue weighted by Crippen LogP contribution is -2.54. The third-order valence-corrected chi connectivity index (χ3v) is 2.97. The van der Waals surface area contributed by atoms with E-state index in [-0.39, 0.29) is 5.54 Å². The van der Waals surface area contributed by atoms with Gasteiger partial charge in [-0.25, -0.2) is 0 Å². The van der Waals surface area contributed by atoms with E-state index in [9.17, 15) is 0 Å². The van der Waals surface area contributed by atoms with Crippen molar-refractivity contribution >= 4 is 6.21 Å². The molecule has 0 radical (unpaired) electrons. The molecule has 0 bridgehead atoms. The van der Waals surface area contributed by atoms with E-state index in [1.54, 1.807) is 0 Å². The van der Waals surface area contributed by atoms with Crippen molar-refractivity contribution < 1.29 is 0 Å². The maximum absolute atomic E-state index is 4.12. The van der Waals surface area contributed by atoms with E-state index < -0.39 is 0 Å². The van der Waals surface area contributed by atoms with Crippen LogP contribution >= 0.6 is 0 Å². The summed E-state index contributed by atoms with van der Waals surface area (Å²) in [6, 6.07) is 0. The van der Waals surface area contributed by atoms with Gasteiger partial charge in [-0.15, -0.1) is 0 Å². The molecule has 2 rings (SSSR count). The molecule has 0 saturated carbocycles. The third kappa shape index (κ3) is 1.81. The first-order chi connectivity index (χ1) is 6.31. The molecule has 2 heterocycles. The minimum atomic E-state index is 0.212. The van der Waals surface area contributed by atoms with Gasteiger partial charge in [-0.3, -0.25) is 9.89 Å². The molecule has 0 aromatic rings. The molecule has 2 aliphatic heterocycles. The Labute approximate surface area is 79.5 Å². The molecule has 0 spiro atoms. The predicted octanol–water partition coefficient (Wildman–Crippen LogP) is 0.639. The van der Waals surface area contributed by atoms with E-state index in [0.29, 0.717) is 0 Å². The molecule has 0 aromatic carbocycles. The van der Waals surface area contributed by atoms with Crippen molar-refractivity contribution in [3.05, 3.63) is 12.3 Å². The summed E-state index contributed by atoms with van der Waals surface area (Å²) in [5.74, 6) is 0. The first-order valence-corrected chi connectivity index (χ1v) is 4.96. The standard InChI is InChI=1S/C10H17N3/c1-10(2-4-11-5-3-10)13-8-6-12-7-9-13/h2,4-5,12H,3,6-9H2,1H3. The van der Waals surface area contributed by atoms with Crippen LogP contribution in [0.1, 0.15) is 13.3 Å². The summed E-state index contributed by atoms with van der Waals surface area (Å²) in [6.45, 7) is 6.81. The molecule has 0 aliphatic carbocycles. The average Bonchev–Trinajstić information content (AvgIpc) is 2.20. The lowest BCUT2D eigenvalue weighted by Gasteiger charge is -2.41. The van der Waals surface area contributed by atoms with Crippen LogP contribution in [-0.4, -0.2) is 42.8 Å². The van der Waals surface area contributed by atoms with Crippen molar-refractivity contribution in [1.82, 2.24) is 10.2 Å². The van der Waals surface area contributed by atoms with E-state index >= 15 is 0 Å². The Morgan fingerprint density at radius 1 is 1.38 bits per heavy atom. The van der Waals surface area contributed by atoms with Crippen LogP contribution in [0.4, 0.5) is 0 Å². The van der Waals surface area contributed by atoms with E-state index in [2.05, 4.69) is 28.2 Å². The normalized spacial score (nSPS) is 35.2. The fourth-order valence-electron chi connectivity index (χ4n) is 1.98. The Kier molecular flexibility index (Phi) is 2.47. The van der Waals surface area contributed by atoms with Gasteiger partial charge in [0, 0.05) is 50.6 Å². The number of nitrogens with one attached hydrogen (secondary N) is 1. The van der Waals surface area contributed by atoms with Crippen LogP contribution in [0.25, 0.3) is 0 Å². The lowest BCUT2D eigenvalue weighted by atomic mass is 9.94. The molecule has 3 heteroatoms. The molecule has 13 heavy (non-hydrogen) atoms. The molecule has 2 aliphatic rings. The van der Waals surface area contributed by atoms with Crippen molar-refractivity contribution in [3.63, 3.8) is 0 Å². The fraction of sp³-hybridized carbons (Fsp3) is 0.700. The van der Waals surface area contributed by atoms with Gasteiger partial charge in [-0.2, -0.15) is 0 Å². The van der Waals surface area contributed by atoms with Crippen molar-refractivity contribution in [1.29, 1.82) is 0 Å². The summed E-state index contributed by atoms with van der Waals surface area (Å²) in [7, 11) is 0. The maximum atomic E-state index is 4.12. The lowest BCUT2D eigenvalue weighted by molar-refractivity contribution is 0.132. The number of rotatable bonds is 1. The minimum Gasteiger partial charge on any atom is -0.314 e. The molecule has 1 saturated heterocycles. The van der Waals surface area contributed by atoms with Crippen molar-refractivity contribution in [3.8, 4) is 0 Å². The van der Waals surface area contributed by atoms with Crippen LogP contribution in [-0.2, 0) is 0 Å². The van der Waals surface area contributed by atoms with Crippen molar-refractivity contribution in [2.45, 2.75) is 18.9 Å². The zero-order chi connectivity index (χ0) is 9.15. The predicted molar refractivity (Wildman–Crippen MR) is 55.1 cm³/mol. The number of nitrogens with zero attached hydrogens (tertiary/aromatic N) is 2. The van der Waals surface area contributed by atoms with E-state index in [1.807, 2.05) is 12.4 Å². The summed E-state index contributed by atoms with van der Waals surface area (Å²) >= 11 is 0. The fourth-order valence-corrected chi connectivity index (χ4v) is 1.98. The molecule has 1 N–H and O–H groups in total. The smallest absolute Gasteiger partial charge is 0.0431 e. The van der Waals surface area contributed by atoms with E-state index in [1.165, 1.54) is 0 Å². The topological polar surface area (TPSA) is 27.6 Å². The van der Waals surface area contributed by atoms with Crippen LogP contribution < -0.4 is 5.32 Å². The molecule has 0 aromatic heterocycles. The van der Waals surface area contributed by atoms with Gasteiger partial charge in [0.05, 0.1) is 0 Å². The third-order valence-electron chi connectivity index (χ3n) is 2.97. The molecular formula is C10H17N3. The van der Waals surface area contributed by atoms with Crippen LogP contribution in [0.15, 0.2) is 17.3 Å². The van der Waals surface area contributed by atoms with Gasteiger partial charge in [-0.1, -0.05) is 0 Å². The highest BCUT2D eigenvalue weighted by Crippen LogP contribution is 2.22. The van der Waals surface area contributed by atoms with Gasteiger partial charge in [0.2, 0.25) is 0 Å². The quantitative estimate of drug-likeness (QED) is 0.639. The highest BCUT2D eigenvalue weighted by molar-refractivity contribution is 5.62. The summed E-state index contributed by atoms with van der Waals surface area (Å²) in [4.78, 5) is 6.65. The number of aliphatic imine (C=N–C) groups is 1. The Hall–Kier alpha value is -0.670. The SMILES string of the molecule is CC1(N2CCNCC2)C=CN=CC1. The molecule has 0 amide bonds. The van der Waals surface area contributed by atoms with Crippen molar-refractivity contribution in [2.75, 3.05) is 26.2 Å². The molecule has 1 atom stereocenters. The second-order valence-electron chi connectivity index (χ2n) is 3.95. The highest BCUT2D eigenvalue weighted by atomic mass is 15.2. The summed E-state index contributed by atoms with van der Waals surface area (Å²) < 4.78 is 0. The Morgan fingerprint density at radius 2 is 2.15 bits per heavy atom. The van der Waals surface area contributed by atoms with Gasteiger partial charge >= 0.3 is 0 Å². The van der Waals surface area contributed by atoms with Gasteiger partial charge in [0.25, 0.3) is 0 Å². The Bertz CT molecular complexity index is 228. The van der Waals surface area contributed by atoms with Gasteiger partial charge < -0.3 is 5.32 Å². The van der Waals surface area contributed by atoms with Crippen LogP contribution in [0.2, 0.25) is 0 Å². The molecule has 72 valence electrons. The number of hydrogen-bond donors (Lipinski definition) is 1. The monoisotopic (exact) mass is 179 g/mol. The van der Waals surface area contributed by atoms with Crippen LogP contribution in [0.3, 0.4) is 0 Å². The van der Waals surface area contributed by atoms with E-state index in [0.717, 1.165) is 32.6 Å². The first kappa shape index (κ1) is 8.91. The minimum absolute atomic E-state index is 0.212.